The van der Waals surface area contributed by atoms with Crippen LogP contribution in [0.5, 0.6) is 5.75 Å². The minimum absolute atomic E-state index is 0.00966. The standard InChI is InChI=1S/C21H18N4O5/c1-29-15-8-6-14(7-9-15)24-20(27)16-4-2-3-5-17(16)25-19(26)13-30-21(28)18-12-22-10-11-23-18/h2-12H,13H2,1H3,(H,24,27)(H,25,26). The van der Waals surface area contributed by atoms with E-state index in [9.17, 15) is 14.4 Å². The molecule has 2 N–H and O–H groups in total. The van der Waals surface area contributed by atoms with Crippen LogP contribution in [0.15, 0.2) is 67.1 Å². The van der Waals surface area contributed by atoms with Crippen molar-refractivity contribution in [2.45, 2.75) is 0 Å². The highest BCUT2D eigenvalue weighted by Gasteiger charge is 2.15. The van der Waals surface area contributed by atoms with E-state index in [0.29, 0.717) is 11.4 Å². The number of nitrogens with one attached hydrogen (secondary N) is 2. The van der Waals surface area contributed by atoms with Crippen molar-refractivity contribution in [3.8, 4) is 5.75 Å². The average molecular weight is 406 g/mol. The minimum atomic E-state index is -0.774. The number of methoxy groups -OCH3 is 1. The van der Waals surface area contributed by atoms with E-state index < -0.39 is 24.4 Å². The monoisotopic (exact) mass is 406 g/mol. The van der Waals surface area contributed by atoms with Crippen LogP contribution < -0.4 is 15.4 Å². The summed E-state index contributed by atoms with van der Waals surface area (Å²) in [7, 11) is 1.55. The first kappa shape index (κ1) is 20.5. The maximum absolute atomic E-state index is 12.6. The van der Waals surface area contributed by atoms with Crippen molar-refractivity contribution in [3.05, 3.63) is 78.4 Å². The summed E-state index contributed by atoms with van der Waals surface area (Å²) in [6.45, 7) is -0.538. The third kappa shape index (κ3) is 5.38. The van der Waals surface area contributed by atoms with Gasteiger partial charge in [0, 0.05) is 18.1 Å². The van der Waals surface area contributed by atoms with Gasteiger partial charge in [-0.1, -0.05) is 12.1 Å². The van der Waals surface area contributed by atoms with Crippen molar-refractivity contribution in [1.29, 1.82) is 0 Å². The number of hydrogen-bond acceptors (Lipinski definition) is 7. The Hall–Kier alpha value is -4.27. The molecule has 1 heterocycles. The number of carbonyl (C=O) groups is 3. The molecule has 0 aliphatic rings. The van der Waals surface area contributed by atoms with Crippen molar-refractivity contribution < 1.29 is 23.9 Å². The highest BCUT2D eigenvalue weighted by molar-refractivity contribution is 6.10. The molecular formula is C21H18N4O5. The van der Waals surface area contributed by atoms with Crippen LogP contribution in [0.25, 0.3) is 0 Å². The number of benzene rings is 2. The normalized spacial score (nSPS) is 10.0. The number of ether oxygens (including phenoxy) is 2. The molecule has 2 amide bonds. The zero-order chi connectivity index (χ0) is 21.3. The molecule has 0 saturated heterocycles. The third-order valence-electron chi connectivity index (χ3n) is 3.90. The lowest BCUT2D eigenvalue weighted by Gasteiger charge is -2.12. The molecule has 0 aliphatic heterocycles. The van der Waals surface area contributed by atoms with Gasteiger partial charge >= 0.3 is 5.97 Å². The van der Waals surface area contributed by atoms with Crippen LogP contribution in [0.1, 0.15) is 20.8 Å². The lowest BCUT2D eigenvalue weighted by molar-refractivity contribution is -0.119. The summed E-state index contributed by atoms with van der Waals surface area (Å²) in [6, 6.07) is 13.3. The van der Waals surface area contributed by atoms with Gasteiger partial charge in [-0.05, 0) is 36.4 Å². The molecule has 30 heavy (non-hydrogen) atoms. The Morgan fingerprint density at radius 1 is 0.967 bits per heavy atom. The van der Waals surface area contributed by atoms with Gasteiger partial charge in [-0.2, -0.15) is 0 Å². The fourth-order valence-electron chi connectivity index (χ4n) is 2.46. The van der Waals surface area contributed by atoms with Gasteiger partial charge in [-0.15, -0.1) is 0 Å². The van der Waals surface area contributed by atoms with E-state index in [1.54, 1.807) is 55.6 Å². The molecule has 0 spiro atoms. The van der Waals surface area contributed by atoms with Crippen LogP contribution in [-0.2, 0) is 9.53 Å². The minimum Gasteiger partial charge on any atom is -0.497 e. The Balaban J connectivity index is 1.61. The second kappa shape index (κ2) is 9.78. The van der Waals surface area contributed by atoms with Gasteiger partial charge in [-0.3, -0.25) is 14.6 Å². The Labute approximate surface area is 172 Å². The summed E-state index contributed by atoms with van der Waals surface area (Å²) >= 11 is 0. The van der Waals surface area contributed by atoms with Crippen molar-refractivity contribution in [1.82, 2.24) is 9.97 Å². The van der Waals surface area contributed by atoms with Crippen LogP contribution in [0.2, 0.25) is 0 Å². The Kier molecular flexibility index (Phi) is 6.67. The molecule has 0 radical (unpaired) electrons. The Morgan fingerprint density at radius 2 is 1.73 bits per heavy atom. The first-order valence-corrected chi connectivity index (χ1v) is 8.84. The number of nitrogens with zero attached hydrogens (tertiary/aromatic N) is 2. The van der Waals surface area contributed by atoms with Crippen molar-refractivity contribution in [3.63, 3.8) is 0 Å². The topological polar surface area (TPSA) is 120 Å². The molecule has 2 aromatic carbocycles. The van der Waals surface area contributed by atoms with Crippen LogP contribution in [0.4, 0.5) is 11.4 Å². The van der Waals surface area contributed by atoms with E-state index in [-0.39, 0.29) is 16.9 Å². The predicted octanol–water partition coefficient (Wildman–Crippen LogP) is 2.53. The average Bonchev–Trinajstić information content (AvgIpc) is 2.79. The fraction of sp³-hybridized carbons (Fsp3) is 0.0952. The number of esters is 1. The number of hydrogen-bond donors (Lipinski definition) is 2. The van der Waals surface area contributed by atoms with Gasteiger partial charge in [0.25, 0.3) is 11.8 Å². The first-order chi connectivity index (χ1) is 14.6. The molecule has 0 atom stereocenters. The van der Waals surface area contributed by atoms with E-state index in [1.807, 2.05) is 0 Å². The zero-order valence-electron chi connectivity index (χ0n) is 16.0. The summed E-state index contributed by atoms with van der Waals surface area (Å²) in [4.78, 5) is 44.2. The van der Waals surface area contributed by atoms with Crippen molar-refractivity contribution >= 4 is 29.2 Å². The van der Waals surface area contributed by atoms with Crippen molar-refractivity contribution in [2.24, 2.45) is 0 Å². The number of anilines is 2. The quantitative estimate of drug-likeness (QED) is 0.579. The Bertz CT molecular complexity index is 1040. The fourth-order valence-corrected chi connectivity index (χ4v) is 2.46. The van der Waals surface area contributed by atoms with Crippen LogP contribution >= 0.6 is 0 Å². The largest absolute Gasteiger partial charge is 0.497 e. The zero-order valence-corrected chi connectivity index (χ0v) is 16.0. The number of amides is 2. The summed E-state index contributed by atoms with van der Waals surface area (Å²) in [5, 5.41) is 5.32. The van der Waals surface area contributed by atoms with E-state index in [0.717, 1.165) is 0 Å². The van der Waals surface area contributed by atoms with E-state index in [4.69, 9.17) is 9.47 Å². The van der Waals surface area contributed by atoms with Crippen LogP contribution in [-0.4, -0.2) is 41.5 Å². The summed E-state index contributed by atoms with van der Waals surface area (Å²) < 4.78 is 10.0. The van der Waals surface area contributed by atoms with Gasteiger partial charge in [0.2, 0.25) is 0 Å². The molecule has 9 nitrogen and oxygen atoms in total. The number of aromatic nitrogens is 2. The smallest absolute Gasteiger partial charge is 0.359 e. The predicted molar refractivity (Wildman–Crippen MR) is 108 cm³/mol. The summed E-state index contributed by atoms with van der Waals surface area (Å²) in [5.41, 5.74) is 1.09. The van der Waals surface area contributed by atoms with Crippen molar-refractivity contribution in [2.75, 3.05) is 24.4 Å². The molecule has 1 aromatic heterocycles. The van der Waals surface area contributed by atoms with E-state index in [2.05, 4.69) is 20.6 Å². The molecule has 0 fully saturated rings. The molecule has 0 bridgehead atoms. The molecule has 9 heteroatoms. The molecule has 0 saturated carbocycles. The van der Waals surface area contributed by atoms with Crippen LogP contribution in [0, 0.1) is 0 Å². The lowest BCUT2D eigenvalue weighted by Crippen LogP contribution is -2.23. The Morgan fingerprint density at radius 3 is 2.43 bits per heavy atom. The van der Waals surface area contributed by atoms with E-state index >= 15 is 0 Å². The molecule has 3 aromatic rings. The van der Waals surface area contributed by atoms with Crippen LogP contribution in [0.3, 0.4) is 0 Å². The maximum Gasteiger partial charge on any atom is 0.359 e. The summed E-state index contributed by atoms with van der Waals surface area (Å²) in [6.07, 6.45) is 3.99. The molecule has 0 unspecified atom stereocenters. The highest BCUT2D eigenvalue weighted by Crippen LogP contribution is 2.19. The number of rotatable bonds is 7. The maximum atomic E-state index is 12.6. The highest BCUT2D eigenvalue weighted by atomic mass is 16.5. The molecule has 152 valence electrons. The number of carbonyl (C=O) groups excluding carboxylic acids is 3. The van der Waals surface area contributed by atoms with Gasteiger partial charge in [0.1, 0.15) is 5.75 Å². The van der Waals surface area contributed by atoms with Gasteiger partial charge in [0.05, 0.1) is 24.6 Å². The first-order valence-electron chi connectivity index (χ1n) is 8.84. The molecular weight excluding hydrogens is 388 g/mol. The second-order valence-corrected chi connectivity index (χ2v) is 5.94. The third-order valence-corrected chi connectivity index (χ3v) is 3.90. The number of para-hydroxylation sites is 1. The second-order valence-electron chi connectivity index (χ2n) is 5.94. The molecule has 0 aliphatic carbocycles. The lowest BCUT2D eigenvalue weighted by atomic mass is 10.1. The van der Waals surface area contributed by atoms with Gasteiger partial charge in [-0.25, -0.2) is 9.78 Å². The van der Waals surface area contributed by atoms with Gasteiger partial charge in [0.15, 0.2) is 12.3 Å². The summed E-state index contributed by atoms with van der Waals surface area (Å²) in [5.74, 6) is -1.12. The van der Waals surface area contributed by atoms with Gasteiger partial charge < -0.3 is 20.1 Å². The van der Waals surface area contributed by atoms with E-state index in [1.165, 1.54) is 18.6 Å². The molecule has 3 rings (SSSR count). The SMILES string of the molecule is COc1ccc(NC(=O)c2ccccc2NC(=O)COC(=O)c2cnccn2)cc1.